The topological polar surface area (TPSA) is 90.0 Å². The number of aromatic nitrogens is 2. The van der Waals surface area contributed by atoms with Crippen molar-refractivity contribution >= 4 is 15.8 Å². The van der Waals surface area contributed by atoms with Crippen molar-refractivity contribution in [3.63, 3.8) is 0 Å². The molecule has 1 heterocycles. The van der Waals surface area contributed by atoms with E-state index in [4.69, 9.17) is 5.73 Å². The smallest absolute Gasteiger partial charge is 0.246 e. The highest BCUT2D eigenvalue weighted by atomic mass is 32.2. The summed E-state index contributed by atoms with van der Waals surface area (Å²) < 4.78 is 28.9. The fraction of sp³-hybridized carbons (Fsp3) is 0.750. The van der Waals surface area contributed by atoms with Crippen LogP contribution in [0.1, 0.15) is 32.4 Å². The molecule has 0 unspecified atom stereocenters. The minimum absolute atomic E-state index is 0.0573. The number of nitrogens with zero attached hydrogens (tertiary/aromatic N) is 2. The lowest BCUT2D eigenvalue weighted by molar-refractivity contribution is 0.357. The molecular formula is C12H22N4O2S. The highest BCUT2D eigenvalue weighted by Crippen LogP contribution is 2.51. The van der Waals surface area contributed by atoms with Gasteiger partial charge in [0.05, 0.1) is 5.69 Å². The molecule has 1 saturated carbocycles. The van der Waals surface area contributed by atoms with Gasteiger partial charge in [0.2, 0.25) is 10.0 Å². The van der Waals surface area contributed by atoms with E-state index in [0.717, 1.165) is 12.8 Å². The number of nitrogens with one attached hydrogen (secondary N) is 1. The summed E-state index contributed by atoms with van der Waals surface area (Å²) >= 11 is 0. The molecule has 0 bridgehead atoms. The molecule has 0 saturated heterocycles. The summed E-state index contributed by atoms with van der Waals surface area (Å²) in [7, 11) is -1.90. The van der Waals surface area contributed by atoms with E-state index in [1.807, 2.05) is 0 Å². The predicted molar refractivity (Wildman–Crippen MR) is 74.1 cm³/mol. The molecule has 0 aliphatic heterocycles. The van der Waals surface area contributed by atoms with Gasteiger partial charge in [0.25, 0.3) is 0 Å². The van der Waals surface area contributed by atoms with Gasteiger partial charge in [-0.3, -0.25) is 4.68 Å². The van der Waals surface area contributed by atoms with Gasteiger partial charge in [0.15, 0.2) is 5.82 Å². The van der Waals surface area contributed by atoms with Gasteiger partial charge in [-0.25, -0.2) is 13.1 Å². The molecule has 2 rings (SSSR count). The van der Waals surface area contributed by atoms with Crippen LogP contribution < -0.4 is 10.5 Å². The zero-order chi connectivity index (χ0) is 14.4. The molecule has 1 aliphatic carbocycles. The summed E-state index contributed by atoms with van der Waals surface area (Å²) in [4.78, 5) is 0.106. The summed E-state index contributed by atoms with van der Waals surface area (Å²) in [6.45, 7) is 6.43. The molecule has 0 atom stereocenters. The molecule has 108 valence electrons. The summed E-state index contributed by atoms with van der Waals surface area (Å²) in [6, 6.07) is 0. The lowest BCUT2D eigenvalue weighted by Gasteiger charge is -2.20. The highest BCUT2D eigenvalue weighted by Gasteiger charge is 2.46. The van der Waals surface area contributed by atoms with Crippen LogP contribution in [0.15, 0.2) is 4.90 Å². The fourth-order valence-electron chi connectivity index (χ4n) is 2.38. The Bertz CT molecular complexity index is 585. The largest absolute Gasteiger partial charge is 0.381 e. The van der Waals surface area contributed by atoms with E-state index in [2.05, 4.69) is 23.7 Å². The van der Waals surface area contributed by atoms with Crippen LogP contribution in [-0.2, 0) is 17.1 Å². The molecule has 19 heavy (non-hydrogen) atoms. The van der Waals surface area contributed by atoms with Gasteiger partial charge >= 0.3 is 0 Å². The number of anilines is 1. The monoisotopic (exact) mass is 286 g/mol. The van der Waals surface area contributed by atoms with Crippen molar-refractivity contribution in [3.8, 4) is 0 Å². The van der Waals surface area contributed by atoms with Gasteiger partial charge in [-0.1, -0.05) is 13.8 Å². The van der Waals surface area contributed by atoms with Gasteiger partial charge in [-0.15, -0.1) is 0 Å². The lowest BCUT2D eigenvalue weighted by atomic mass is 9.93. The molecule has 1 aromatic rings. The molecule has 7 heteroatoms. The second kappa shape index (κ2) is 4.49. The number of nitrogens with two attached hydrogens (primary N) is 1. The van der Waals surface area contributed by atoms with Gasteiger partial charge < -0.3 is 5.73 Å². The number of rotatable bonds is 5. The first-order valence-corrected chi connectivity index (χ1v) is 7.97. The van der Waals surface area contributed by atoms with Crippen molar-refractivity contribution in [2.75, 3.05) is 12.3 Å². The molecule has 3 N–H and O–H groups in total. The average Bonchev–Trinajstić information content (AvgIpc) is 3.02. The Labute approximate surface area is 114 Å². The van der Waals surface area contributed by atoms with E-state index in [1.165, 1.54) is 4.68 Å². The molecular weight excluding hydrogens is 264 g/mol. The van der Waals surface area contributed by atoms with E-state index >= 15 is 0 Å². The summed E-state index contributed by atoms with van der Waals surface area (Å²) in [6.07, 6.45) is 2.16. The Hall–Kier alpha value is -1.08. The van der Waals surface area contributed by atoms with Crippen LogP contribution in [0.3, 0.4) is 0 Å². The van der Waals surface area contributed by atoms with Crippen molar-refractivity contribution in [1.29, 1.82) is 0 Å². The Morgan fingerprint density at radius 2 is 2.05 bits per heavy atom. The third kappa shape index (κ3) is 2.49. The number of hydrogen-bond donors (Lipinski definition) is 2. The first kappa shape index (κ1) is 14.3. The molecule has 6 nitrogen and oxygen atoms in total. The fourth-order valence-corrected chi connectivity index (χ4v) is 3.84. The maximum Gasteiger partial charge on any atom is 0.246 e. The normalized spacial score (nSPS) is 17.9. The van der Waals surface area contributed by atoms with Crippen molar-refractivity contribution in [1.82, 2.24) is 14.5 Å². The number of sulfonamides is 1. The molecule has 0 aromatic carbocycles. The maximum absolute atomic E-state index is 12.3. The summed E-state index contributed by atoms with van der Waals surface area (Å²) in [5.74, 6) is 0.532. The minimum Gasteiger partial charge on any atom is -0.381 e. The quantitative estimate of drug-likeness (QED) is 0.845. The zero-order valence-electron chi connectivity index (χ0n) is 11.9. The van der Waals surface area contributed by atoms with Crippen LogP contribution in [0.5, 0.6) is 0 Å². The number of nitrogen functional groups attached to an aromatic ring is 1. The first-order valence-electron chi connectivity index (χ1n) is 6.48. The van der Waals surface area contributed by atoms with E-state index in [9.17, 15) is 8.42 Å². The number of hydrogen-bond acceptors (Lipinski definition) is 4. The van der Waals surface area contributed by atoms with E-state index in [-0.39, 0.29) is 16.1 Å². The third-order valence-corrected chi connectivity index (χ3v) is 5.87. The molecule has 1 aliphatic rings. The van der Waals surface area contributed by atoms with Gasteiger partial charge in [-0.2, -0.15) is 5.10 Å². The first-order chi connectivity index (χ1) is 8.69. The molecule has 1 fully saturated rings. The van der Waals surface area contributed by atoms with Crippen molar-refractivity contribution in [2.24, 2.45) is 18.4 Å². The summed E-state index contributed by atoms with van der Waals surface area (Å²) in [5, 5.41) is 3.95. The van der Waals surface area contributed by atoms with Crippen LogP contribution >= 0.6 is 0 Å². The van der Waals surface area contributed by atoms with Crippen LogP contribution in [0.4, 0.5) is 5.82 Å². The van der Waals surface area contributed by atoms with Gasteiger partial charge in [-0.05, 0) is 31.1 Å². The number of aryl methyl sites for hydroxylation is 1. The van der Waals surface area contributed by atoms with E-state index in [0.29, 0.717) is 18.2 Å². The molecule has 0 spiro atoms. The zero-order valence-corrected chi connectivity index (χ0v) is 12.7. The maximum atomic E-state index is 12.3. The van der Waals surface area contributed by atoms with E-state index < -0.39 is 10.0 Å². The lowest BCUT2D eigenvalue weighted by Crippen LogP contribution is -2.33. The standard InChI is InChI=1S/C12H22N4O2S/c1-8(2)12(5-6-12)7-14-19(17,18)10-9(3)16(4)15-11(10)13/h8,14H,5-7H2,1-4H3,(H2,13,15). The summed E-state index contributed by atoms with van der Waals surface area (Å²) in [5.41, 5.74) is 6.37. The van der Waals surface area contributed by atoms with Gasteiger partial charge in [0, 0.05) is 13.6 Å². The second-order valence-electron chi connectivity index (χ2n) is 5.77. The van der Waals surface area contributed by atoms with Crippen LogP contribution in [0.25, 0.3) is 0 Å². The van der Waals surface area contributed by atoms with Crippen molar-refractivity contribution in [2.45, 2.75) is 38.5 Å². The second-order valence-corrected chi connectivity index (χ2v) is 7.47. The van der Waals surface area contributed by atoms with Gasteiger partial charge in [0.1, 0.15) is 4.90 Å². The molecule has 0 amide bonds. The average molecular weight is 286 g/mol. The predicted octanol–water partition coefficient (Wildman–Crippen LogP) is 1.03. The highest BCUT2D eigenvalue weighted by molar-refractivity contribution is 7.89. The van der Waals surface area contributed by atoms with Crippen LogP contribution in [-0.4, -0.2) is 24.7 Å². The Balaban J connectivity index is 2.20. The SMILES string of the molecule is Cc1c(S(=O)(=O)NCC2(C(C)C)CC2)c(N)nn1C. The van der Waals surface area contributed by atoms with Crippen LogP contribution in [0.2, 0.25) is 0 Å². The molecule has 1 aromatic heterocycles. The van der Waals surface area contributed by atoms with Crippen molar-refractivity contribution in [3.05, 3.63) is 5.69 Å². The molecule has 0 radical (unpaired) electrons. The Morgan fingerprint density at radius 3 is 2.42 bits per heavy atom. The van der Waals surface area contributed by atoms with Crippen molar-refractivity contribution < 1.29 is 8.42 Å². The Kier molecular flexibility index (Phi) is 3.38. The third-order valence-electron chi connectivity index (χ3n) is 4.30. The van der Waals surface area contributed by atoms with E-state index in [1.54, 1.807) is 14.0 Å². The Morgan fingerprint density at radius 1 is 1.47 bits per heavy atom. The van der Waals surface area contributed by atoms with Crippen LogP contribution in [0, 0.1) is 18.3 Å². The minimum atomic E-state index is -3.59.